The fraction of sp³-hybridized carbons (Fsp3) is 0.353. The lowest BCUT2D eigenvalue weighted by Gasteiger charge is -2.32. The zero-order valence-electron chi connectivity index (χ0n) is 14.2. The number of benzene rings is 1. The minimum atomic E-state index is -1.48. The Kier molecular flexibility index (Phi) is 5.69. The smallest absolute Gasteiger partial charge is 0.316 e. The van der Waals surface area contributed by atoms with Gasteiger partial charge in [-0.1, -0.05) is 11.6 Å². The third-order valence-corrected chi connectivity index (χ3v) is 4.28. The van der Waals surface area contributed by atoms with Crippen LogP contribution in [0.15, 0.2) is 18.5 Å². The largest absolute Gasteiger partial charge is 0.491 e. The molecule has 2 aromatic rings. The lowest BCUT2D eigenvalue weighted by atomic mass is 10.1. The molecule has 0 radical (unpaired) electrons. The van der Waals surface area contributed by atoms with Crippen molar-refractivity contribution < 1.29 is 27.4 Å². The summed E-state index contributed by atoms with van der Waals surface area (Å²) in [6.45, 7) is 0.437. The highest BCUT2D eigenvalue weighted by molar-refractivity contribution is 6.30. The van der Waals surface area contributed by atoms with Gasteiger partial charge in [0.05, 0.1) is 36.6 Å². The van der Waals surface area contributed by atoms with Gasteiger partial charge in [0, 0.05) is 6.54 Å². The molecule has 0 aliphatic carbocycles. The second kappa shape index (κ2) is 7.99. The van der Waals surface area contributed by atoms with Crippen LogP contribution in [0.3, 0.4) is 0 Å². The van der Waals surface area contributed by atoms with Gasteiger partial charge in [-0.3, -0.25) is 4.79 Å². The van der Waals surface area contributed by atoms with Crippen LogP contribution in [0.2, 0.25) is 5.02 Å². The SMILES string of the molecule is COc1c(F)c(F)cc(C(=O)N2CCCC(Oc3ncc(Cl)cn3)C2)c1F. The van der Waals surface area contributed by atoms with Crippen molar-refractivity contribution >= 4 is 17.5 Å². The van der Waals surface area contributed by atoms with Crippen LogP contribution in [0.1, 0.15) is 23.2 Å². The number of piperidine rings is 1. The number of amides is 1. The summed E-state index contributed by atoms with van der Waals surface area (Å²) < 4.78 is 51.8. The van der Waals surface area contributed by atoms with E-state index < -0.39 is 40.8 Å². The van der Waals surface area contributed by atoms with Crippen molar-refractivity contribution in [3.8, 4) is 11.8 Å². The number of hydrogen-bond donors (Lipinski definition) is 0. The molecule has 3 rings (SSSR count). The van der Waals surface area contributed by atoms with Crippen molar-refractivity contribution in [2.24, 2.45) is 0 Å². The number of carbonyl (C=O) groups excluding carboxylic acids is 1. The fourth-order valence-corrected chi connectivity index (χ4v) is 2.91. The Morgan fingerprint density at radius 3 is 2.63 bits per heavy atom. The van der Waals surface area contributed by atoms with E-state index in [-0.39, 0.29) is 12.6 Å². The first-order valence-electron chi connectivity index (χ1n) is 8.05. The van der Waals surface area contributed by atoms with Crippen LogP contribution in [0.5, 0.6) is 11.8 Å². The van der Waals surface area contributed by atoms with E-state index in [2.05, 4.69) is 14.7 Å². The van der Waals surface area contributed by atoms with Gasteiger partial charge in [0.1, 0.15) is 6.10 Å². The Morgan fingerprint density at radius 1 is 1.26 bits per heavy atom. The second-order valence-corrected chi connectivity index (χ2v) is 6.32. The highest BCUT2D eigenvalue weighted by Crippen LogP contribution is 2.28. The minimum absolute atomic E-state index is 0.0966. The number of hydrogen-bond acceptors (Lipinski definition) is 5. The Morgan fingerprint density at radius 2 is 1.96 bits per heavy atom. The van der Waals surface area contributed by atoms with Crippen molar-refractivity contribution in [1.82, 2.24) is 14.9 Å². The lowest BCUT2D eigenvalue weighted by molar-refractivity contribution is 0.0510. The summed E-state index contributed by atoms with van der Waals surface area (Å²) in [5.41, 5.74) is -0.603. The van der Waals surface area contributed by atoms with Gasteiger partial charge in [-0.05, 0) is 18.9 Å². The summed E-state index contributed by atoms with van der Waals surface area (Å²) in [4.78, 5) is 21.8. The first kappa shape index (κ1) is 19.2. The average Bonchev–Trinajstić information content (AvgIpc) is 2.67. The lowest BCUT2D eigenvalue weighted by Crippen LogP contribution is -2.44. The van der Waals surface area contributed by atoms with Gasteiger partial charge in [-0.25, -0.2) is 18.7 Å². The molecule has 0 bridgehead atoms. The quantitative estimate of drug-likeness (QED) is 0.736. The molecular formula is C17H15ClF3N3O3. The molecule has 144 valence electrons. The molecule has 1 unspecified atom stereocenters. The van der Waals surface area contributed by atoms with Crippen LogP contribution in [-0.4, -0.2) is 47.1 Å². The molecule has 0 saturated carbocycles. The summed E-state index contributed by atoms with van der Waals surface area (Å²) in [5.74, 6) is -5.81. The molecule has 2 heterocycles. The Balaban J connectivity index is 1.77. The van der Waals surface area contributed by atoms with Crippen LogP contribution >= 0.6 is 11.6 Å². The van der Waals surface area contributed by atoms with Crippen LogP contribution < -0.4 is 9.47 Å². The first-order valence-corrected chi connectivity index (χ1v) is 8.43. The Labute approximate surface area is 157 Å². The molecule has 0 spiro atoms. The Bertz CT molecular complexity index is 852. The van der Waals surface area contributed by atoms with E-state index >= 15 is 0 Å². The highest BCUT2D eigenvalue weighted by Gasteiger charge is 2.30. The third-order valence-electron chi connectivity index (χ3n) is 4.08. The number of methoxy groups -OCH3 is 1. The van der Waals surface area contributed by atoms with E-state index in [4.69, 9.17) is 16.3 Å². The van der Waals surface area contributed by atoms with Gasteiger partial charge in [0.15, 0.2) is 17.4 Å². The van der Waals surface area contributed by atoms with E-state index in [1.54, 1.807) is 0 Å². The van der Waals surface area contributed by atoms with Gasteiger partial charge in [0.2, 0.25) is 5.82 Å². The van der Waals surface area contributed by atoms with Crippen molar-refractivity contribution in [2.45, 2.75) is 18.9 Å². The van der Waals surface area contributed by atoms with E-state index in [0.29, 0.717) is 30.5 Å². The molecule has 27 heavy (non-hydrogen) atoms. The van der Waals surface area contributed by atoms with Crippen molar-refractivity contribution in [1.29, 1.82) is 0 Å². The summed E-state index contributed by atoms with van der Waals surface area (Å²) in [6, 6.07) is 0.627. The third kappa shape index (κ3) is 4.08. The maximum atomic E-state index is 14.4. The molecule has 1 atom stereocenters. The minimum Gasteiger partial charge on any atom is -0.491 e. The number of likely N-dealkylation sites (tertiary alicyclic amines) is 1. The number of halogens is 4. The predicted molar refractivity (Wildman–Crippen MR) is 89.5 cm³/mol. The van der Waals surface area contributed by atoms with E-state index in [9.17, 15) is 18.0 Å². The molecule has 1 saturated heterocycles. The topological polar surface area (TPSA) is 64.5 Å². The van der Waals surface area contributed by atoms with Gasteiger partial charge in [-0.2, -0.15) is 4.39 Å². The molecule has 0 N–H and O–H groups in total. The predicted octanol–water partition coefficient (Wildman–Crippen LogP) is 3.24. The maximum absolute atomic E-state index is 14.4. The average molecular weight is 402 g/mol. The monoisotopic (exact) mass is 401 g/mol. The van der Waals surface area contributed by atoms with Crippen molar-refractivity contribution in [3.05, 3.63) is 46.5 Å². The molecule has 1 aromatic carbocycles. The van der Waals surface area contributed by atoms with E-state index in [1.807, 2.05) is 0 Å². The molecule has 1 aliphatic heterocycles. The van der Waals surface area contributed by atoms with Crippen molar-refractivity contribution in [3.63, 3.8) is 0 Å². The summed E-state index contributed by atoms with van der Waals surface area (Å²) >= 11 is 5.71. The zero-order chi connectivity index (χ0) is 19.6. The number of nitrogens with zero attached hydrogens (tertiary/aromatic N) is 3. The maximum Gasteiger partial charge on any atom is 0.316 e. The summed E-state index contributed by atoms with van der Waals surface area (Å²) in [7, 11) is 0.992. The van der Waals surface area contributed by atoms with Gasteiger partial charge >= 0.3 is 6.01 Å². The highest BCUT2D eigenvalue weighted by atomic mass is 35.5. The molecule has 10 heteroatoms. The van der Waals surface area contributed by atoms with Gasteiger partial charge in [-0.15, -0.1) is 0 Å². The molecule has 1 amide bonds. The number of carbonyl (C=O) groups is 1. The number of rotatable bonds is 4. The van der Waals surface area contributed by atoms with Crippen molar-refractivity contribution in [2.75, 3.05) is 20.2 Å². The second-order valence-electron chi connectivity index (χ2n) is 5.88. The van der Waals surface area contributed by atoms with Crippen LogP contribution in [0.4, 0.5) is 13.2 Å². The molecule has 6 nitrogen and oxygen atoms in total. The molecular weight excluding hydrogens is 387 g/mol. The first-order chi connectivity index (χ1) is 12.9. The standard InChI is InChI=1S/C17H15ClF3N3O3/c1-26-15-13(20)11(5-12(19)14(15)21)16(25)24-4-2-3-10(8-24)27-17-22-6-9(18)7-23-17/h5-7,10H,2-4,8H2,1H3. The molecule has 1 aliphatic rings. The van der Waals surface area contributed by atoms with Crippen LogP contribution in [0, 0.1) is 17.5 Å². The molecule has 1 aromatic heterocycles. The zero-order valence-corrected chi connectivity index (χ0v) is 15.0. The van der Waals surface area contributed by atoms with E-state index in [1.165, 1.54) is 17.3 Å². The van der Waals surface area contributed by atoms with Crippen LogP contribution in [-0.2, 0) is 0 Å². The van der Waals surface area contributed by atoms with Crippen LogP contribution in [0.25, 0.3) is 0 Å². The summed E-state index contributed by atoms with van der Waals surface area (Å²) in [5, 5.41) is 0.352. The van der Waals surface area contributed by atoms with Gasteiger partial charge < -0.3 is 14.4 Å². The van der Waals surface area contributed by atoms with E-state index in [0.717, 1.165) is 7.11 Å². The van der Waals surface area contributed by atoms with Gasteiger partial charge in [0.25, 0.3) is 5.91 Å². The normalized spacial score (nSPS) is 16.9. The number of aromatic nitrogens is 2. The number of ether oxygens (including phenoxy) is 2. The fourth-order valence-electron chi connectivity index (χ4n) is 2.81. The molecule has 1 fully saturated rings. The summed E-state index contributed by atoms with van der Waals surface area (Å²) in [6.07, 6.45) is 3.52. The Hall–Kier alpha value is -2.55.